The molecule has 0 unspecified atom stereocenters. The minimum atomic E-state index is -1.67. The van der Waals surface area contributed by atoms with Crippen molar-refractivity contribution in [3.8, 4) is 0 Å². The number of H-pyrrole nitrogens is 4. The van der Waals surface area contributed by atoms with Gasteiger partial charge < -0.3 is 56.2 Å². The van der Waals surface area contributed by atoms with Crippen molar-refractivity contribution in [2.24, 2.45) is 23.7 Å². The van der Waals surface area contributed by atoms with Gasteiger partial charge in [0.2, 0.25) is 9.23 Å². The Labute approximate surface area is 908 Å². The zero-order valence-corrected chi connectivity index (χ0v) is 93.3. The molecule has 0 aliphatic carbocycles. The number of carboxylic acids is 1. The molecule has 0 spiro atoms. The predicted molar refractivity (Wildman–Crippen MR) is 598 cm³/mol. The number of aliphatic hydroxyl groups excluding tert-OH is 2. The molecule has 3 amide bonds. The van der Waals surface area contributed by atoms with Gasteiger partial charge in [0.1, 0.15) is 0 Å². The molecule has 0 atom stereocenters. The minimum Gasteiger partial charge on any atom is -1.00 e. The van der Waals surface area contributed by atoms with Crippen molar-refractivity contribution in [3.63, 3.8) is 0 Å². The summed E-state index contributed by atoms with van der Waals surface area (Å²) in [5.74, 6) is 1.96. The number of halogens is 3. The zero-order chi connectivity index (χ0) is 103. The Kier molecular flexibility index (Phi) is 47.2. The van der Waals surface area contributed by atoms with Crippen molar-refractivity contribution in [2.75, 3.05) is 127 Å². The number of aliphatic hydroxyl groups is 2. The van der Waals surface area contributed by atoms with E-state index in [-0.39, 0.29) is 54.4 Å². The number of nitrogens with one attached hydrogen (secondary N) is 5. The number of methoxy groups -OCH3 is 1. The number of aromatic amines is 4. The van der Waals surface area contributed by atoms with Crippen LogP contribution in [0, 0.1) is 82.6 Å². The Balaban J connectivity index is 0.000000173. The van der Waals surface area contributed by atoms with Crippen molar-refractivity contribution in [2.45, 2.75) is 191 Å². The summed E-state index contributed by atoms with van der Waals surface area (Å²) in [4.78, 5) is 72.5. The summed E-state index contributed by atoms with van der Waals surface area (Å²) >= 11 is 2.35. The Bertz CT molecular complexity index is 6310. The van der Waals surface area contributed by atoms with E-state index in [1.807, 2.05) is 112 Å². The average Bonchev–Trinajstić information content (AvgIpc) is 1.64. The summed E-state index contributed by atoms with van der Waals surface area (Å²) in [5, 5.41) is 65.6. The van der Waals surface area contributed by atoms with Crippen molar-refractivity contribution in [1.29, 1.82) is 0 Å². The number of hydrogen-bond donors (Lipinski definition) is 8. The molecule has 7 fully saturated rings. The monoisotopic (exact) mass is 2170 g/mol. The summed E-state index contributed by atoms with van der Waals surface area (Å²) < 4.78 is 17.1. The Morgan fingerprint density at radius 3 is 1.06 bits per heavy atom. The van der Waals surface area contributed by atoms with E-state index in [0.29, 0.717) is 47.3 Å². The molecule has 5 aromatic heterocycles. The van der Waals surface area contributed by atoms with Crippen molar-refractivity contribution >= 4 is 154 Å². The molecular formula is C114H147Cl2IN17NaO10S. The van der Waals surface area contributed by atoms with Crippen LogP contribution in [0.4, 0.5) is 17.1 Å². The van der Waals surface area contributed by atoms with Gasteiger partial charge in [-0.15, -0.1) is 0 Å². The average molecular weight is 2170 g/mol. The fraction of sp³-hybridized carbons (Fsp3) is 0.439. The van der Waals surface area contributed by atoms with Crippen LogP contribution in [0.5, 0.6) is 0 Å². The van der Waals surface area contributed by atoms with Crippen LogP contribution in [-0.4, -0.2) is 226 Å². The molecule has 21 rings (SSSR count). The number of esters is 1. The van der Waals surface area contributed by atoms with Gasteiger partial charge in [0.15, 0.2) is 28.5 Å². The number of hydrogen-bond acceptors (Lipinski definition) is 18. The fourth-order valence-corrected chi connectivity index (χ4v) is 20.5. The number of fused-ring (bicyclic) bond motifs is 5. The fourth-order valence-electron chi connectivity index (χ4n) is 19.8. The predicted octanol–water partition coefficient (Wildman–Crippen LogP) is 20.1. The second kappa shape index (κ2) is 59.6. The zero-order valence-electron chi connectivity index (χ0n) is 87.8. The van der Waals surface area contributed by atoms with Gasteiger partial charge in [-0.3, -0.25) is 39.5 Å². The second-order valence-corrected chi connectivity index (χ2v) is 42.2. The van der Waals surface area contributed by atoms with Crippen LogP contribution in [-0.2, 0) is 20.5 Å². The van der Waals surface area contributed by atoms with Crippen LogP contribution in [0.1, 0.15) is 227 Å². The first kappa shape index (κ1) is 116. The second-order valence-electron chi connectivity index (χ2n) is 38.5. The number of carbonyl (C=O) groups excluding carboxylic acids is 4. The maximum atomic E-state index is 13.0. The summed E-state index contributed by atoms with van der Waals surface area (Å²) in [7, 11) is 8.70. The smallest absolute Gasteiger partial charge is 1.00 e. The SMILES string of the molecule is CCCC1CCN(c2cccc(C)c2C)CC1.COC(=O)c1n[nH]c2ccccc12.Cc1cccc(I)c1C.Cc1cccc(N2CCC(CCO)CC2)c1C.Cc1cccc(N2CCC(CCn3nc(C(=O)N4CCCC4)c4ccccc43)CC2)c1C.O=C(O)c1n[nH]c2ccccc12.O=C(c1n[nH]c2ccccc12)N1CCCC1.O=C(c1n[nH]c2ccccc12)N1CCCC1.O=S(Cl)Cl.OCCC1CCNCC1.[H-].[Na+]. The van der Waals surface area contributed by atoms with Crippen LogP contribution in [0.15, 0.2) is 194 Å². The molecule has 0 saturated carbocycles. The molecule has 8 N–H and O–H groups in total. The Morgan fingerprint density at radius 2 is 0.705 bits per heavy atom. The van der Waals surface area contributed by atoms with Crippen LogP contribution in [0.25, 0.3) is 54.5 Å². The molecule has 7 aliphatic heterocycles. The molecule has 0 radical (unpaired) electrons. The summed E-state index contributed by atoms with van der Waals surface area (Å²) in [5.41, 5.74) is 22.1. The van der Waals surface area contributed by atoms with Gasteiger partial charge in [-0.1, -0.05) is 159 Å². The van der Waals surface area contributed by atoms with Gasteiger partial charge in [0.25, 0.3) is 17.7 Å². The molecule has 14 aromatic rings. The maximum absolute atomic E-state index is 13.0. The van der Waals surface area contributed by atoms with E-state index in [4.69, 9.17) is 24.6 Å². The number of para-hydroxylation sites is 5. The van der Waals surface area contributed by atoms with Gasteiger partial charge in [-0.05, 0) is 323 Å². The molecule has 32 heteroatoms. The van der Waals surface area contributed by atoms with Crippen molar-refractivity contribution < 1.29 is 79.2 Å². The minimum absolute atomic E-state index is 0. The standard InChI is InChI=1S/C27H34N4O.C16H25N.C15H23NO.2C12H13N3O.C9H8N2O2.C8H9I.C8H6N2O2.C7H15NO.Cl2OS.Na.H/c1-20-8-7-11-24(21(20)2)29-17-12-22(13-18-29)14-19-31-25-10-4-3-9-23(25)26(28-31)27(32)30-15-5-6-16-30;1-4-6-15-9-11-17(12-10-15)16-8-5-7-13(2)14(16)3;1-12-4-3-5-15(13(12)2)16-9-6-14(7-10-16)8-11-17;2*16-12(15-7-3-4-8-15)11-9-5-1-2-6-10(9)13-14-11;1-13-9(12)8-6-4-2-3-5-7(6)10-11-8;1-6-4-3-5-8(9)7(6)2;11-8(12)7-5-3-1-2-4-6(5)9-10-7;9-6-3-7-1-4-8-5-2-7;1-4(2)3;;/h3-4,7-11,22H,5-6,12-19H2,1-2H3;5,7-8,15H,4,6,9-12H2,1-3H3;3-5,14,17H,6-11H2,1-2H3;2*1-2,5-6H,3-4,7-8H2,(H,13,14);2-5H,1H3,(H,10,11);3-5H,1-2H3;1-4H,(H,9,10)(H,11,12);7-9H,1-6H2;;;/q;;;;;;;;;;+1;-1. The van der Waals surface area contributed by atoms with Crippen LogP contribution >= 0.6 is 44.0 Å². The van der Waals surface area contributed by atoms with E-state index in [2.05, 4.69) is 255 Å². The van der Waals surface area contributed by atoms with Crippen molar-refractivity contribution in [1.82, 2.24) is 70.6 Å². The van der Waals surface area contributed by atoms with E-state index in [1.54, 1.807) is 18.2 Å². The molecule has 7 saturated heterocycles. The van der Waals surface area contributed by atoms with Crippen LogP contribution < -0.4 is 49.6 Å². The summed E-state index contributed by atoms with van der Waals surface area (Å²) in [6, 6.07) is 64.4. The molecule has 146 heavy (non-hydrogen) atoms. The summed E-state index contributed by atoms with van der Waals surface area (Å²) in [6.07, 6.45) is 22.6. The van der Waals surface area contributed by atoms with Gasteiger partial charge in [0, 0.05) is 167 Å². The number of aromatic carboxylic acids is 1. The molecule has 776 valence electrons. The number of benzene rings is 9. The largest absolute Gasteiger partial charge is 1.00 e. The number of likely N-dealkylation sites (tertiary alicyclic amines) is 3. The summed E-state index contributed by atoms with van der Waals surface area (Å²) in [6.45, 7) is 35.9. The number of carbonyl (C=O) groups is 5. The van der Waals surface area contributed by atoms with Crippen LogP contribution in [0.3, 0.4) is 0 Å². The Morgan fingerprint density at radius 1 is 0.397 bits per heavy atom. The normalized spacial score (nSPS) is 15.3. The van der Waals surface area contributed by atoms with Gasteiger partial charge >= 0.3 is 41.5 Å². The number of nitrogens with zero attached hydrogens (tertiary/aromatic N) is 12. The van der Waals surface area contributed by atoms with E-state index in [9.17, 15) is 24.0 Å². The number of amides is 3. The quantitative estimate of drug-likeness (QED) is 0.0182. The van der Waals surface area contributed by atoms with Crippen molar-refractivity contribution in [3.05, 3.63) is 271 Å². The number of anilines is 3. The number of rotatable bonds is 17. The third kappa shape index (κ3) is 32.7. The molecular weight excluding hydrogens is 2020 g/mol. The number of piperidine rings is 4. The number of carboxylic acid groups (broad SMARTS) is 1. The third-order valence-electron chi connectivity index (χ3n) is 29.0. The number of ether oxygens (including phenoxy) is 1. The van der Waals surface area contributed by atoms with Crippen LogP contribution in [0.2, 0.25) is 0 Å². The van der Waals surface area contributed by atoms with E-state index in [0.717, 1.165) is 210 Å². The first-order valence-electron chi connectivity index (χ1n) is 51.5. The van der Waals surface area contributed by atoms with Gasteiger partial charge in [-0.25, -0.2) is 13.8 Å². The van der Waals surface area contributed by atoms with E-state index in [1.165, 1.54) is 150 Å². The molecule has 9 aromatic carbocycles. The number of aromatic nitrogens is 10. The Hall–Kier alpha value is -10.6. The topological polar surface area (TPSA) is 336 Å². The molecule has 12 heterocycles. The molecule has 0 bridgehead atoms. The first-order chi connectivity index (χ1) is 70.3. The van der Waals surface area contributed by atoms with Gasteiger partial charge in [0.05, 0.1) is 34.7 Å². The first-order valence-corrected chi connectivity index (χ1v) is 55.3. The van der Waals surface area contributed by atoms with E-state index < -0.39 is 21.2 Å². The molecule has 27 nitrogen and oxygen atoms in total. The van der Waals surface area contributed by atoms with E-state index >= 15 is 0 Å². The maximum Gasteiger partial charge on any atom is 1.00 e. The molecule has 7 aliphatic rings. The number of aryl methyl sites for hydroxylation is 5. The van der Waals surface area contributed by atoms with Gasteiger partial charge in [-0.2, -0.15) is 25.5 Å². The third-order valence-corrected chi connectivity index (χ3v) is 30.2.